The number of halogens is 2. The summed E-state index contributed by atoms with van der Waals surface area (Å²) in [6, 6.07) is 0. The standard InChI is InChI=1S/2C9H13.2BrH.Hf/c2*1-8(2)7-9-5-3-4-6-9;;;/h2*3,5,8H,4,7H2,1-2H3;2*1H;/q2*-1;;;+4/p-2. The second kappa shape index (κ2) is 15.7. The number of hydrogen-bond donors (Lipinski definition) is 0. The van der Waals surface area contributed by atoms with Crippen molar-refractivity contribution in [3.63, 3.8) is 0 Å². The maximum Gasteiger partial charge on any atom is 4.00 e. The summed E-state index contributed by atoms with van der Waals surface area (Å²) in [5.74, 6) is 1.55. The molecular formula is C18H26Br2Hf. The second-order valence-corrected chi connectivity index (χ2v) is 5.81. The summed E-state index contributed by atoms with van der Waals surface area (Å²) >= 11 is 0. The summed E-state index contributed by atoms with van der Waals surface area (Å²) < 4.78 is 0. The molecule has 2 aliphatic carbocycles. The van der Waals surface area contributed by atoms with Crippen molar-refractivity contribution in [2.24, 2.45) is 11.8 Å². The molecule has 3 heteroatoms. The van der Waals surface area contributed by atoms with E-state index in [-0.39, 0.29) is 59.8 Å². The molecule has 2 aliphatic rings. The van der Waals surface area contributed by atoms with E-state index in [2.05, 4.69) is 64.2 Å². The molecule has 0 fully saturated rings. The van der Waals surface area contributed by atoms with Crippen molar-refractivity contribution in [1.82, 2.24) is 0 Å². The van der Waals surface area contributed by atoms with Crippen molar-refractivity contribution in [2.45, 2.75) is 53.4 Å². The van der Waals surface area contributed by atoms with E-state index in [1.54, 1.807) is 0 Å². The molecule has 0 aromatic carbocycles. The molecule has 0 saturated carbocycles. The van der Waals surface area contributed by atoms with Crippen molar-refractivity contribution < 1.29 is 59.8 Å². The van der Waals surface area contributed by atoms with Gasteiger partial charge in [-0.2, -0.15) is 12.2 Å². The van der Waals surface area contributed by atoms with Gasteiger partial charge in [0.1, 0.15) is 0 Å². The van der Waals surface area contributed by atoms with E-state index < -0.39 is 0 Å². The van der Waals surface area contributed by atoms with Crippen LogP contribution in [0, 0.1) is 24.0 Å². The van der Waals surface area contributed by atoms with Gasteiger partial charge in [-0.25, -0.2) is 23.3 Å². The quantitative estimate of drug-likeness (QED) is 0.310. The molecule has 0 aromatic rings. The van der Waals surface area contributed by atoms with Crippen LogP contribution in [0.3, 0.4) is 0 Å². The first-order valence-electron chi connectivity index (χ1n) is 7.10. The minimum Gasteiger partial charge on any atom is -1.00 e. The van der Waals surface area contributed by atoms with Crippen LogP contribution in [0.15, 0.2) is 35.5 Å². The van der Waals surface area contributed by atoms with Crippen molar-refractivity contribution in [3.8, 4) is 0 Å². The summed E-state index contributed by atoms with van der Waals surface area (Å²) in [5, 5.41) is 0. The molecule has 0 heterocycles. The zero-order valence-electron chi connectivity index (χ0n) is 13.5. The van der Waals surface area contributed by atoms with Gasteiger partial charge in [0.25, 0.3) is 0 Å². The van der Waals surface area contributed by atoms with Gasteiger partial charge in [-0.3, -0.25) is 12.2 Å². The third-order valence-corrected chi connectivity index (χ3v) is 2.79. The number of allylic oxidation sites excluding steroid dienone is 8. The van der Waals surface area contributed by atoms with E-state index in [0.29, 0.717) is 0 Å². The third-order valence-electron chi connectivity index (χ3n) is 2.79. The Labute approximate surface area is 171 Å². The van der Waals surface area contributed by atoms with Gasteiger partial charge < -0.3 is 34.0 Å². The maximum atomic E-state index is 3.29. The Balaban J connectivity index is -0.000000270. The van der Waals surface area contributed by atoms with Crippen LogP contribution in [0.1, 0.15) is 53.4 Å². The van der Waals surface area contributed by atoms with Crippen molar-refractivity contribution in [3.05, 3.63) is 47.6 Å². The molecule has 21 heavy (non-hydrogen) atoms. The molecule has 0 aliphatic heterocycles. The average Bonchev–Trinajstić information content (AvgIpc) is 2.90. The van der Waals surface area contributed by atoms with Gasteiger partial charge >= 0.3 is 25.8 Å². The van der Waals surface area contributed by atoms with Crippen molar-refractivity contribution >= 4 is 0 Å². The van der Waals surface area contributed by atoms with E-state index in [1.165, 1.54) is 24.0 Å². The molecule has 0 unspecified atom stereocenters. The predicted molar refractivity (Wildman–Crippen MR) is 79.9 cm³/mol. The summed E-state index contributed by atoms with van der Waals surface area (Å²) in [7, 11) is 0. The fourth-order valence-electron chi connectivity index (χ4n) is 2.06. The normalized spacial score (nSPS) is 14.6. The number of rotatable bonds is 4. The Morgan fingerprint density at radius 2 is 1.14 bits per heavy atom. The summed E-state index contributed by atoms with van der Waals surface area (Å²) in [6.45, 7) is 8.95. The fraction of sp³-hybridized carbons (Fsp3) is 0.556. The Hall–Kier alpha value is 0.790. The minimum absolute atomic E-state index is 0. The van der Waals surface area contributed by atoms with Gasteiger partial charge in [-0.05, 0) is 11.8 Å². The van der Waals surface area contributed by atoms with Crippen LogP contribution in [0.25, 0.3) is 0 Å². The molecule has 116 valence electrons. The summed E-state index contributed by atoms with van der Waals surface area (Å²) in [6.07, 6.45) is 19.7. The fourth-order valence-corrected chi connectivity index (χ4v) is 2.06. The Morgan fingerprint density at radius 1 is 0.810 bits per heavy atom. The van der Waals surface area contributed by atoms with E-state index in [4.69, 9.17) is 0 Å². The first kappa shape index (κ1) is 26.7. The zero-order chi connectivity index (χ0) is 13.4. The molecule has 0 amide bonds. The van der Waals surface area contributed by atoms with Crippen molar-refractivity contribution in [1.29, 1.82) is 0 Å². The molecule has 0 N–H and O–H groups in total. The number of hydrogen-bond acceptors (Lipinski definition) is 0. The smallest absolute Gasteiger partial charge is 1.00 e. The summed E-state index contributed by atoms with van der Waals surface area (Å²) in [5.41, 5.74) is 2.79. The second-order valence-electron chi connectivity index (χ2n) is 5.81. The van der Waals surface area contributed by atoms with Crippen LogP contribution in [-0.2, 0) is 25.8 Å². The van der Waals surface area contributed by atoms with Gasteiger partial charge in [-0.1, -0.05) is 40.5 Å². The molecule has 0 atom stereocenters. The van der Waals surface area contributed by atoms with Crippen LogP contribution in [0.2, 0.25) is 0 Å². The predicted octanol–water partition coefficient (Wildman–Crippen LogP) is -0.551. The van der Waals surface area contributed by atoms with Crippen LogP contribution in [0.5, 0.6) is 0 Å². The molecule has 0 bridgehead atoms. The molecule has 0 spiro atoms. The van der Waals surface area contributed by atoms with E-state index >= 15 is 0 Å². The Morgan fingerprint density at radius 3 is 1.33 bits per heavy atom. The van der Waals surface area contributed by atoms with Gasteiger partial charge in [-0.15, -0.1) is 12.8 Å². The Bertz CT molecular complexity index is 327. The first-order chi connectivity index (χ1) is 8.58. The van der Waals surface area contributed by atoms with E-state index in [0.717, 1.165) is 24.7 Å². The van der Waals surface area contributed by atoms with Gasteiger partial charge in [0.2, 0.25) is 0 Å². The van der Waals surface area contributed by atoms with Crippen molar-refractivity contribution in [2.75, 3.05) is 0 Å². The molecule has 2 rings (SSSR count). The SMILES string of the molecule is CC(C)CC1=[C-]CC=C1.CC(C)CC1=[C-]CC=C1.[Br-].[Br-].[Hf+4]. The van der Waals surface area contributed by atoms with E-state index in [9.17, 15) is 0 Å². The van der Waals surface area contributed by atoms with Crippen LogP contribution >= 0.6 is 0 Å². The van der Waals surface area contributed by atoms with Gasteiger partial charge in [0, 0.05) is 0 Å². The van der Waals surface area contributed by atoms with Gasteiger partial charge in [0.15, 0.2) is 0 Å². The zero-order valence-corrected chi connectivity index (χ0v) is 20.3. The maximum absolute atomic E-state index is 3.29. The largest absolute Gasteiger partial charge is 4.00 e. The summed E-state index contributed by atoms with van der Waals surface area (Å²) in [4.78, 5) is 0. The average molecular weight is 581 g/mol. The third kappa shape index (κ3) is 14.1. The van der Waals surface area contributed by atoms with Gasteiger partial charge in [0.05, 0.1) is 0 Å². The monoisotopic (exact) mass is 580 g/mol. The first-order valence-corrected chi connectivity index (χ1v) is 7.10. The van der Waals surface area contributed by atoms with E-state index in [1.807, 2.05) is 0 Å². The molecule has 0 saturated heterocycles. The molecule has 0 nitrogen and oxygen atoms in total. The topological polar surface area (TPSA) is 0 Å². The molecule has 0 radical (unpaired) electrons. The molecular weight excluding hydrogens is 554 g/mol. The Kier molecular flexibility index (Phi) is 19.9. The van der Waals surface area contributed by atoms with Crippen LogP contribution in [0.4, 0.5) is 0 Å². The van der Waals surface area contributed by atoms with Crippen LogP contribution in [-0.4, -0.2) is 0 Å². The minimum atomic E-state index is 0. The molecule has 0 aromatic heterocycles. The van der Waals surface area contributed by atoms with Crippen LogP contribution < -0.4 is 34.0 Å².